The molecule has 0 aliphatic carbocycles. The predicted octanol–water partition coefficient (Wildman–Crippen LogP) is 2.84. The molecule has 0 aliphatic rings. The Hall–Kier alpha value is -1.31. The van der Waals surface area contributed by atoms with E-state index in [1.165, 1.54) is 31.2 Å². The molecule has 0 heterocycles. The van der Waals surface area contributed by atoms with Gasteiger partial charge in [0.05, 0.1) is 6.42 Å². The number of carbonyl (C=O) groups is 1. The van der Waals surface area contributed by atoms with Gasteiger partial charge in [0.1, 0.15) is 0 Å². The Labute approximate surface area is 97.9 Å². The zero-order chi connectivity index (χ0) is 11.8. The molecule has 0 radical (unpaired) electrons. The summed E-state index contributed by atoms with van der Waals surface area (Å²) in [5.74, 6) is -0.268. The molecule has 1 aromatic rings. The number of hydrogen-bond donors (Lipinski definition) is 1. The maximum atomic E-state index is 10.7. The minimum absolute atomic E-state index is 0.268. The Morgan fingerprint density at radius 1 is 1.06 bits per heavy atom. The average molecular weight is 219 g/mol. The van der Waals surface area contributed by atoms with Gasteiger partial charge in [0.15, 0.2) is 0 Å². The Morgan fingerprint density at radius 3 is 2.25 bits per heavy atom. The summed E-state index contributed by atoms with van der Waals surface area (Å²) in [6.07, 6.45) is 6.63. The SMILES string of the molecule is CCCCCCc1ccc(CC(N)=O)cc1. The minimum atomic E-state index is -0.268. The van der Waals surface area contributed by atoms with Gasteiger partial charge in [-0.15, -0.1) is 0 Å². The smallest absolute Gasteiger partial charge is 0.221 e. The van der Waals surface area contributed by atoms with Crippen LogP contribution in [0.25, 0.3) is 0 Å². The summed E-state index contributed by atoms with van der Waals surface area (Å²) in [4.78, 5) is 10.7. The van der Waals surface area contributed by atoms with Gasteiger partial charge < -0.3 is 5.73 Å². The summed E-state index contributed by atoms with van der Waals surface area (Å²) in [7, 11) is 0. The fourth-order valence-corrected chi connectivity index (χ4v) is 1.78. The second-order valence-corrected chi connectivity index (χ2v) is 4.27. The molecular weight excluding hydrogens is 198 g/mol. The molecule has 0 spiro atoms. The summed E-state index contributed by atoms with van der Waals surface area (Å²) in [6.45, 7) is 2.22. The lowest BCUT2D eigenvalue weighted by Gasteiger charge is -2.03. The lowest BCUT2D eigenvalue weighted by Crippen LogP contribution is -2.13. The second-order valence-electron chi connectivity index (χ2n) is 4.27. The van der Waals surface area contributed by atoms with Crippen LogP contribution in [0.4, 0.5) is 0 Å². The molecule has 16 heavy (non-hydrogen) atoms. The lowest BCUT2D eigenvalue weighted by atomic mass is 10.0. The molecule has 2 heteroatoms. The van der Waals surface area contributed by atoms with Gasteiger partial charge in [-0.3, -0.25) is 4.79 Å². The lowest BCUT2D eigenvalue weighted by molar-refractivity contribution is -0.117. The van der Waals surface area contributed by atoms with Crippen molar-refractivity contribution in [2.45, 2.75) is 45.4 Å². The van der Waals surface area contributed by atoms with E-state index in [4.69, 9.17) is 5.73 Å². The van der Waals surface area contributed by atoms with Crippen LogP contribution in [0.15, 0.2) is 24.3 Å². The molecule has 2 nitrogen and oxygen atoms in total. The first-order valence-electron chi connectivity index (χ1n) is 6.08. The van der Waals surface area contributed by atoms with Gasteiger partial charge in [0.2, 0.25) is 5.91 Å². The molecule has 0 saturated heterocycles. The van der Waals surface area contributed by atoms with Crippen LogP contribution in [0.2, 0.25) is 0 Å². The molecule has 0 bridgehead atoms. The van der Waals surface area contributed by atoms with Crippen molar-refractivity contribution in [1.29, 1.82) is 0 Å². The number of hydrogen-bond acceptors (Lipinski definition) is 1. The van der Waals surface area contributed by atoms with E-state index in [2.05, 4.69) is 19.1 Å². The normalized spacial score (nSPS) is 10.3. The quantitative estimate of drug-likeness (QED) is 0.704. The van der Waals surface area contributed by atoms with Gasteiger partial charge in [-0.25, -0.2) is 0 Å². The van der Waals surface area contributed by atoms with Crippen molar-refractivity contribution in [3.8, 4) is 0 Å². The standard InChI is InChI=1S/C14H21NO/c1-2-3-4-5-6-12-7-9-13(10-8-12)11-14(15)16/h7-10H,2-6,11H2,1H3,(H2,15,16). The Morgan fingerprint density at radius 2 is 1.69 bits per heavy atom. The second kappa shape index (κ2) is 7.04. The number of primary amides is 1. The van der Waals surface area contributed by atoms with Crippen molar-refractivity contribution in [2.75, 3.05) is 0 Å². The van der Waals surface area contributed by atoms with E-state index in [1.807, 2.05) is 12.1 Å². The van der Waals surface area contributed by atoms with Crippen LogP contribution >= 0.6 is 0 Å². The van der Waals surface area contributed by atoms with E-state index in [9.17, 15) is 4.79 Å². The summed E-state index contributed by atoms with van der Waals surface area (Å²) in [5.41, 5.74) is 7.49. The van der Waals surface area contributed by atoms with Crippen molar-refractivity contribution in [1.82, 2.24) is 0 Å². The molecule has 0 fully saturated rings. The Bertz CT molecular complexity index is 316. The molecule has 0 aromatic heterocycles. The van der Waals surface area contributed by atoms with E-state index in [0.29, 0.717) is 6.42 Å². The molecule has 1 aromatic carbocycles. The fourth-order valence-electron chi connectivity index (χ4n) is 1.78. The molecule has 0 unspecified atom stereocenters. The maximum absolute atomic E-state index is 10.7. The van der Waals surface area contributed by atoms with Gasteiger partial charge in [0.25, 0.3) is 0 Å². The molecule has 88 valence electrons. The van der Waals surface area contributed by atoms with Crippen LogP contribution in [0.5, 0.6) is 0 Å². The van der Waals surface area contributed by atoms with Crippen molar-refractivity contribution in [3.63, 3.8) is 0 Å². The van der Waals surface area contributed by atoms with Crippen LogP contribution in [0, 0.1) is 0 Å². The molecule has 2 N–H and O–H groups in total. The van der Waals surface area contributed by atoms with Gasteiger partial charge in [0, 0.05) is 0 Å². The van der Waals surface area contributed by atoms with Crippen molar-refractivity contribution < 1.29 is 4.79 Å². The molecule has 1 rings (SSSR count). The van der Waals surface area contributed by atoms with E-state index in [0.717, 1.165) is 12.0 Å². The molecule has 0 saturated carbocycles. The van der Waals surface area contributed by atoms with E-state index in [-0.39, 0.29) is 5.91 Å². The highest BCUT2D eigenvalue weighted by atomic mass is 16.1. The Balaban J connectivity index is 2.36. The van der Waals surface area contributed by atoms with Crippen LogP contribution in [0.1, 0.15) is 43.7 Å². The summed E-state index contributed by atoms with van der Waals surface area (Å²) >= 11 is 0. The summed E-state index contributed by atoms with van der Waals surface area (Å²) in [6, 6.07) is 8.20. The van der Waals surface area contributed by atoms with E-state index < -0.39 is 0 Å². The number of carbonyl (C=O) groups excluding carboxylic acids is 1. The first-order valence-corrected chi connectivity index (χ1v) is 6.08. The minimum Gasteiger partial charge on any atom is -0.369 e. The van der Waals surface area contributed by atoms with Crippen LogP contribution in [0.3, 0.4) is 0 Å². The van der Waals surface area contributed by atoms with Gasteiger partial charge in [-0.2, -0.15) is 0 Å². The monoisotopic (exact) mass is 219 g/mol. The summed E-state index contributed by atoms with van der Waals surface area (Å²) in [5, 5.41) is 0. The summed E-state index contributed by atoms with van der Waals surface area (Å²) < 4.78 is 0. The maximum Gasteiger partial charge on any atom is 0.221 e. The average Bonchev–Trinajstić information content (AvgIpc) is 2.26. The van der Waals surface area contributed by atoms with Crippen molar-refractivity contribution in [2.24, 2.45) is 5.73 Å². The van der Waals surface area contributed by atoms with Gasteiger partial charge in [-0.1, -0.05) is 50.5 Å². The highest BCUT2D eigenvalue weighted by Gasteiger charge is 1.98. The molecule has 0 atom stereocenters. The van der Waals surface area contributed by atoms with Gasteiger partial charge >= 0.3 is 0 Å². The fraction of sp³-hybridized carbons (Fsp3) is 0.500. The third-order valence-electron chi connectivity index (χ3n) is 2.72. The van der Waals surface area contributed by atoms with E-state index in [1.54, 1.807) is 0 Å². The predicted molar refractivity (Wildman–Crippen MR) is 67.2 cm³/mol. The number of aryl methyl sites for hydroxylation is 1. The Kier molecular flexibility index (Phi) is 5.62. The van der Waals surface area contributed by atoms with Crippen LogP contribution in [-0.2, 0) is 17.6 Å². The van der Waals surface area contributed by atoms with Crippen molar-refractivity contribution >= 4 is 5.91 Å². The van der Waals surface area contributed by atoms with E-state index >= 15 is 0 Å². The first-order chi connectivity index (χ1) is 7.72. The highest BCUT2D eigenvalue weighted by molar-refractivity contribution is 5.76. The molecular formula is C14H21NO. The molecule has 0 aliphatic heterocycles. The zero-order valence-electron chi connectivity index (χ0n) is 10.0. The highest BCUT2D eigenvalue weighted by Crippen LogP contribution is 2.10. The van der Waals surface area contributed by atoms with Crippen LogP contribution < -0.4 is 5.73 Å². The number of amides is 1. The van der Waals surface area contributed by atoms with Crippen LogP contribution in [-0.4, -0.2) is 5.91 Å². The van der Waals surface area contributed by atoms with Gasteiger partial charge in [-0.05, 0) is 24.0 Å². The topological polar surface area (TPSA) is 43.1 Å². The number of nitrogens with two attached hydrogens (primary N) is 1. The zero-order valence-corrected chi connectivity index (χ0v) is 10.0. The number of benzene rings is 1. The largest absolute Gasteiger partial charge is 0.369 e. The first kappa shape index (κ1) is 12.8. The third kappa shape index (κ3) is 4.96. The molecule has 1 amide bonds. The van der Waals surface area contributed by atoms with Crippen molar-refractivity contribution in [3.05, 3.63) is 35.4 Å². The number of rotatable bonds is 7. The number of unbranched alkanes of at least 4 members (excludes halogenated alkanes) is 3. The third-order valence-corrected chi connectivity index (χ3v) is 2.72.